The van der Waals surface area contributed by atoms with Gasteiger partial charge in [-0.25, -0.2) is 18.7 Å². The summed E-state index contributed by atoms with van der Waals surface area (Å²) in [5, 5.41) is 3.73. The first-order valence-electron chi connectivity index (χ1n) is 4.23. The molecule has 15 heavy (non-hydrogen) atoms. The van der Waals surface area contributed by atoms with Gasteiger partial charge in [0.15, 0.2) is 5.65 Å². The molecule has 6 heteroatoms. The van der Waals surface area contributed by atoms with Crippen molar-refractivity contribution >= 4 is 11.6 Å². The van der Waals surface area contributed by atoms with Gasteiger partial charge in [-0.1, -0.05) is 0 Å². The highest BCUT2D eigenvalue weighted by Gasteiger charge is 2.20. The molecule has 2 heterocycles. The van der Waals surface area contributed by atoms with E-state index < -0.39 is 11.8 Å². The van der Waals surface area contributed by atoms with Gasteiger partial charge in [0.1, 0.15) is 0 Å². The zero-order valence-corrected chi connectivity index (χ0v) is 8.19. The number of aromatic nitrogens is 3. The van der Waals surface area contributed by atoms with Gasteiger partial charge in [0.2, 0.25) is 11.5 Å². The fourth-order valence-corrected chi connectivity index (χ4v) is 1.22. The number of halogens is 1. The van der Waals surface area contributed by atoms with Gasteiger partial charge in [-0.3, -0.25) is 0 Å². The summed E-state index contributed by atoms with van der Waals surface area (Å²) < 4.78 is 19.2. The maximum atomic E-state index is 13.6. The molecule has 5 nitrogen and oxygen atoms in total. The molecule has 2 aromatic rings. The van der Waals surface area contributed by atoms with E-state index in [-0.39, 0.29) is 11.3 Å². The van der Waals surface area contributed by atoms with E-state index in [1.807, 2.05) is 0 Å². The van der Waals surface area contributed by atoms with E-state index >= 15 is 0 Å². The summed E-state index contributed by atoms with van der Waals surface area (Å²) in [7, 11) is 1.17. The zero-order chi connectivity index (χ0) is 11.0. The fourth-order valence-electron chi connectivity index (χ4n) is 1.22. The van der Waals surface area contributed by atoms with Crippen molar-refractivity contribution in [2.75, 3.05) is 7.11 Å². The fraction of sp³-hybridized carbons (Fsp3) is 0.222. The molecule has 0 saturated carbocycles. The molecule has 0 atom stereocenters. The number of carbonyl (C=O) groups is 1. The summed E-state index contributed by atoms with van der Waals surface area (Å²) in [6.07, 6.45) is 1.53. The molecule has 0 aliphatic carbocycles. The molecular formula is C9H8FN3O2. The Labute approximate surface area is 84.5 Å². The van der Waals surface area contributed by atoms with Crippen molar-refractivity contribution in [3.8, 4) is 0 Å². The highest BCUT2D eigenvalue weighted by atomic mass is 19.1. The summed E-state index contributed by atoms with van der Waals surface area (Å²) >= 11 is 0. The van der Waals surface area contributed by atoms with Crippen LogP contribution in [0.3, 0.4) is 0 Å². The molecule has 0 spiro atoms. The second-order valence-electron chi connectivity index (χ2n) is 2.99. The lowest BCUT2D eigenvalue weighted by Crippen LogP contribution is -2.04. The van der Waals surface area contributed by atoms with Crippen LogP contribution in [-0.4, -0.2) is 27.7 Å². The van der Waals surface area contributed by atoms with Crippen molar-refractivity contribution in [1.82, 2.24) is 14.6 Å². The number of hydrogen-bond acceptors (Lipinski definition) is 4. The maximum absolute atomic E-state index is 13.6. The number of hydrogen-bond donors (Lipinski definition) is 0. The van der Waals surface area contributed by atoms with Gasteiger partial charge in [0.25, 0.3) is 0 Å². The van der Waals surface area contributed by atoms with Crippen molar-refractivity contribution in [3.63, 3.8) is 0 Å². The third-order valence-electron chi connectivity index (χ3n) is 1.95. The van der Waals surface area contributed by atoms with Crippen LogP contribution in [0, 0.1) is 12.7 Å². The lowest BCUT2D eigenvalue weighted by atomic mass is 10.4. The molecule has 0 aliphatic heterocycles. The number of ether oxygens (including phenoxy) is 1. The third kappa shape index (κ3) is 1.43. The highest BCUT2D eigenvalue weighted by molar-refractivity contribution is 5.88. The summed E-state index contributed by atoms with van der Waals surface area (Å²) in [5.41, 5.74) is 0.323. The molecule has 0 aliphatic rings. The molecular weight excluding hydrogens is 201 g/mol. The Morgan fingerprint density at radius 3 is 3.00 bits per heavy atom. The molecule has 2 aromatic heterocycles. The molecule has 0 saturated heterocycles. The first kappa shape index (κ1) is 9.57. The molecule has 0 amide bonds. The van der Waals surface area contributed by atoms with Crippen LogP contribution in [0.15, 0.2) is 12.3 Å². The molecule has 0 N–H and O–H groups in total. The first-order chi connectivity index (χ1) is 7.13. The average Bonchev–Trinajstić information content (AvgIpc) is 2.55. The van der Waals surface area contributed by atoms with E-state index in [1.165, 1.54) is 17.8 Å². The van der Waals surface area contributed by atoms with Crippen LogP contribution in [-0.2, 0) is 4.74 Å². The van der Waals surface area contributed by atoms with Crippen LogP contribution in [0.1, 0.15) is 16.2 Å². The normalized spacial score (nSPS) is 10.6. The van der Waals surface area contributed by atoms with Crippen molar-refractivity contribution in [1.29, 1.82) is 0 Å². The van der Waals surface area contributed by atoms with Crippen LogP contribution in [0.5, 0.6) is 0 Å². The molecule has 0 bridgehead atoms. The SMILES string of the molecule is COC(=O)c1nn2ccc(C)nc2c1F. The van der Waals surface area contributed by atoms with Crippen molar-refractivity contribution < 1.29 is 13.9 Å². The van der Waals surface area contributed by atoms with Crippen LogP contribution in [0.25, 0.3) is 5.65 Å². The number of nitrogens with zero attached hydrogens (tertiary/aromatic N) is 3. The molecule has 0 radical (unpaired) electrons. The summed E-state index contributed by atoms with van der Waals surface area (Å²) in [6.45, 7) is 1.73. The Balaban J connectivity index is 2.69. The quantitative estimate of drug-likeness (QED) is 0.656. The van der Waals surface area contributed by atoms with E-state index in [2.05, 4.69) is 14.8 Å². The van der Waals surface area contributed by atoms with Gasteiger partial charge >= 0.3 is 5.97 Å². The number of carbonyl (C=O) groups excluding carboxylic acids is 1. The molecule has 0 unspecified atom stereocenters. The third-order valence-corrected chi connectivity index (χ3v) is 1.95. The van der Waals surface area contributed by atoms with E-state index in [4.69, 9.17) is 0 Å². The predicted octanol–water partition coefficient (Wildman–Crippen LogP) is 0.963. The van der Waals surface area contributed by atoms with Gasteiger partial charge < -0.3 is 4.74 Å². The number of aryl methyl sites for hydroxylation is 1. The largest absolute Gasteiger partial charge is 0.464 e. The Bertz CT molecular complexity index is 535. The van der Waals surface area contributed by atoms with E-state index in [0.29, 0.717) is 5.69 Å². The van der Waals surface area contributed by atoms with Crippen LogP contribution in [0.4, 0.5) is 4.39 Å². The Hall–Kier alpha value is -1.98. The number of fused-ring (bicyclic) bond motifs is 1. The summed E-state index contributed by atoms with van der Waals surface area (Å²) in [5.74, 6) is -1.57. The predicted molar refractivity (Wildman–Crippen MR) is 49.0 cm³/mol. The summed E-state index contributed by atoms with van der Waals surface area (Å²) in [6, 6.07) is 1.67. The van der Waals surface area contributed by atoms with Crippen molar-refractivity contribution in [3.05, 3.63) is 29.5 Å². The van der Waals surface area contributed by atoms with E-state index in [1.54, 1.807) is 13.0 Å². The second-order valence-corrected chi connectivity index (χ2v) is 2.99. The average molecular weight is 209 g/mol. The van der Waals surface area contributed by atoms with Crippen LogP contribution in [0.2, 0.25) is 0 Å². The standard InChI is InChI=1S/C9H8FN3O2/c1-5-3-4-13-8(11-5)6(10)7(12-13)9(14)15-2/h3-4H,1-2H3. The zero-order valence-electron chi connectivity index (χ0n) is 8.19. The van der Waals surface area contributed by atoms with Crippen LogP contribution >= 0.6 is 0 Å². The second kappa shape index (κ2) is 3.30. The molecule has 2 rings (SSSR count). The topological polar surface area (TPSA) is 56.5 Å². The summed E-state index contributed by atoms with van der Waals surface area (Å²) in [4.78, 5) is 15.1. The molecule has 0 aromatic carbocycles. The van der Waals surface area contributed by atoms with Gasteiger partial charge in [-0.05, 0) is 13.0 Å². The maximum Gasteiger partial charge on any atom is 0.361 e. The minimum atomic E-state index is -0.810. The van der Waals surface area contributed by atoms with Crippen molar-refractivity contribution in [2.24, 2.45) is 0 Å². The van der Waals surface area contributed by atoms with Gasteiger partial charge in [0.05, 0.1) is 7.11 Å². The highest BCUT2D eigenvalue weighted by Crippen LogP contribution is 2.12. The number of rotatable bonds is 1. The smallest absolute Gasteiger partial charge is 0.361 e. The lowest BCUT2D eigenvalue weighted by molar-refractivity contribution is 0.0588. The van der Waals surface area contributed by atoms with Gasteiger partial charge in [0, 0.05) is 11.9 Å². The Kier molecular flexibility index (Phi) is 2.11. The molecule has 0 fully saturated rings. The molecule has 78 valence electrons. The van der Waals surface area contributed by atoms with Crippen molar-refractivity contribution in [2.45, 2.75) is 6.92 Å². The van der Waals surface area contributed by atoms with Gasteiger partial charge in [-0.2, -0.15) is 5.10 Å². The Morgan fingerprint density at radius 1 is 1.60 bits per heavy atom. The number of methoxy groups -OCH3 is 1. The van der Waals surface area contributed by atoms with E-state index in [0.717, 1.165) is 0 Å². The minimum absolute atomic E-state index is 0.0235. The first-order valence-corrected chi connectivity index (χ1v) is 4.23. The van der Waals surface area contributed by atoms with Gasteiger partial charge in [-0.15, -0.1) is 0 Å². The number of esters is 1. The van der Waals surface area contributed by atoms with E-state index in [9.17, 15) is 9.18 Å². The van der Waals surface area contributed by atoms with Crippen LogP contribution < -0.4 is 0 Å². The lowest BCUT2D eigenvalue weighted by Gasteiger charge is -1.92. The monoisotopic (exact) mass is 209 g/mol. The Morgan fingerprint density at radius 2 is 2.33 bits per heavy atom. The minimum Gasteiger partial charge on any atom is -0.464 e.